The zero-order chi connectivity index (χ0) is 14.4. The molecule has 0 spiro atoms. The lowest BCUT2D eigenvalue weighted by Crippen LogP contribution is -2.59. The van der Waals surface area contributed by atoms with Crippen LogP contribution in [0.5, 0.6) is 0 Å². The summed E-state index contributed by atoms with van der Waals surface area (Å²) < 4.78 is 0. The minimum absolute atomic E-state index is 0.00879. The van der Waals surface area contributed by atoms with Crippen LogP contribution in [-0.2, 0) is 4.79 Å². The summed E-state index contributed by atoms with van der Waals surface area (Å²) in [4.78, 5) is 17.4. The van der Waals surface area contributed by atoms with Crippen LogP contribution in [0, 0.1) is 5.92 Å². The van der Waals surface area contributed by atoms with Crippen molar-refractivity contribution in [1.29, 1.82) is 0 Å². The predicted molar refractivity (Wildman–Crippen MR) is 84.3 cm³/mol. The van der Waals surface area contributed by atoms with Crippen molar-refractivity contribution in [2.24, 2.45) is 5.92 Å². The summed E-state index contributed by atoms with van der Waals surface area (Å²) in [7, 11) is 0. The van der Waals surface area contributed by atoms with Crippen molar-refractivity contribution in [3.63, 3.8) is 0 Å². The first-order chi connectivity index (χ1) is 10.2. The number of likely N-dealkylation sites (tertiary alicyclic amines) is 2. The molecule has 3 saturated heterocycles. The average molecular weight is 310 g/mol. The van der Waals surface area contributed by atoms with Crippen molar-refractivity contribution in [2.75, 3.05) is 31.1 Å². The quantitative estimate of drug-likeness (QED) is 0.836. The van der Waals surface area contributed by atoms with Gasteiger partial charge in [-0.15, -0.1) is 0 Å². The number of hydrogen-bond acceptors (Lipinski definition) is 4. The van der Waals surface area contributed by atoms with E-state index in [2.05, 4.69) is 4.90 Å². The van der Waals surface area contributed by atoms with Gasteiger partial charge in [0, 0.05) is 30.9 Å². The van der Waals surface area contributed by atoms with Crippen LogP contribution in [0.25, 0.3) is 0 Å². The standard InChI is InChI=1S/C16H26N2O2S/c19-15(16(20)6-9-21-11-16)17-8-5-14-12(10-17)2-1-7-18(14)13-3-4-13/h12-14,20H,1-11H2. The zero-order valence-corrected chi connectivity index (χ0v) is 13.5. The summed E-state index contributed by atoms with van der Waals surface area (Å²) in [6.07, 6.45) is 7.03. The smallest absolute Gasteiger partial charge is 0.255 e. The Morgan fingerprint density at radius 3 is 2.76 bits per heavy atom. The van der Waals surface area contributed by atoms with E-state index < -0.39 is 5.60 Å². The lowest BCUT2D eigenvalue weighted by atomic mass is 9.83. The third-order valence-electron chi connectivity index (χ3n) is 5.81. The summed E-state index contributed by atoms with van der Waals surface area (Å²) in [6, 6.07) is 1.54. The Labute approximate surface area is 131 Å². The Balaban J connectivity index is 1.43. The Hall–Kier alpha value is -0.260. The fourth-order valence-electron chi connectivity index (χ4n) is 4.50. The van der Waals surface area contributed by atoms with Crippen molar-refractivity contribution < 1.29 is 9.90 Å². The lowest BCUT2D eigenvalue weighted by molar-refractivity contribution is -0.152. The van der Waals surface area contributed by atoms with Gasteiger partial charge in [-0.05, 0) is 56.7 Å². The molecule has 3 atom stereocenters. The Morgan fingerprint density at radius 2 is 2.05 bits per heavy atom. The highest BCUT2D eigenvalue weighted by atomic mass is 32.2. The van der Waals surface area contributed by atoms with Gasteiger partial charge in [0.25, 0.3) is 5.91 Å². The van der Waals surface area contributed by atoms with Crippen molar-refractivity contribution in [3.8, 4) is 0 Å². The molecule has 4 fully saturated rings. The normalized spacial score (nSPS) is 41.1. The Kier molecular flexibility index (Phi) is 3.71. The summed E-state index contributed by atoms with van der Waals surface area (Å²) in [5.74, 6) is 2.14. The maximum absolute atomic E-state index is 12.7. The summed E-state index contributed by atoms with van der Waals surface area (Å²) in [5, 5.41) is 10.5. The molecule has 3 aliphatic heterocycles. The molecule has 4 nitrogen and oxygen atoms in total. The molecule has 1 saturated carbocycles. The first-order valence-corrected chi connectivity index (χ1v) is 9.68. The first kappa shape index (κ1) is 14.3. The van der Waals surface area contributed by atoms with Crippen molar-refractivity contribution in [2.45, 2.75) is 56.2 Å². The molecule has 4 aliphatic rings. The van der Waals surface area contributed by atoms with Gasteiger partial charge >= 0.3 is 0 Å². The number of carbonyl (C=O) groups excluding carboxylic acids is 1. The van der Waals surface area contributed by atoms with Gasteiger partial charge in [0.2, 0.25) is 0 Å². The highest BCUT2D eigenvalue weighted by molar-refractivity contribution is 7.99. The van der Waals surface area contributed by atoms with E-state index in [1.54, 1.807) is 11.8 Å². The maximum Gasteiger partial charge on any atom is 0.255 e. The fourth-order valence-corrected chi connectivity index (χ4v) is 5.74. The van der Waals surface area contributed by atoms with E-state index in [1.807, 2.05) is 4.90 Å². The molecule has 3 heterocycles. The van der Waals surface area contributed by atoms with Gasteiger partial charge in [0.15, 0.2) is 5.60 Å². The molecule has 1 amide bonds. The first-order valence-electron chi connectivity index (χ1n) is 8.53. The van der Waals surface area contributed by atoms with Crippen LogP contribution in [0.1, 0.15) is 38.5 Å². The van der Waals surface area contributed by atoms with E-state index in [9.17, 15) is 9.90 Å². The second-order valence-electron chi connectivity index (χ2n) is 7.31. The second-order valence-corrected chi connectivity index (χ2v) is 8.42. The second kappa shape index (κ2) is 5.43. The van der Waals surface area contributed by atoms with E-state index in [1.165, 1.54) is 32.2 Å². The van der Waals surface area contributed by atoms with Crippen molar-refractivity contribution >= 4 is 17.7 Å². The van der Waals surface area contributed by atoms with Crippen LogP contribution < -0.4 is 0 Å². The van der Waals surface area contributed by atoms with E-state index in [4.69, 9.17) is 0 Å². The number of amides is 1. The zero-order valence-electron chi connectivity index (χ0n) is 12.7. The minimum atomic E-state index is -1.07. The molecule has 3 unspecified atom stereocenters. The highest BCUT2D eigenvalue weighted by Gasteiger charge is 2.47. The number of fused-ring (bicyclic) bond motifs is 1. The van der Waals surface area contributed by atoms with E-state index in [0.29, 0.717) is 24.1 Å². The number of nitrogens with zero attached hydrogens (tertiary/aromatic N) is 2. The number of hydrogen-bond donors (Lipinski definition) is 1. The SMILES string of the molecule is O=C(N1CCC2C(CCCN2C2CC2)C1)C1(O)CCSC1. The molecule has 4 rings (SSSR count). The van der Waals surface area contributed by atoms with E-state index in [0.717, 1.165) is 31.3 Å². The average Bonchev–Trinajstić information content (AvgIpc) is 3.26. The molecule has 0 radical (unpaired) electrons. The monoisotopic (exact) mass is 310 g/mol. The third kappa shape index (κ3) is 2.62. The number of thioether (sulfide) groups is 1. The molecule has 0 aromatic carbocycles. The van der Waals surface area contributed by atoms with Gasteiger partial charge in [-0.3, -0.25) is 9.69 Å². The predicted octanol–water partition coefficient (Wildman–Crippen LogP) is 1.33. The van der Waals surface area contributed by atoms with Crippen LogP contribution in [0.3, 0.4) is 0 Å². The van der Waals surface area contributed by atoms with Crippen LogP contribution in [-0.4, -0.2) is 69.6 Å². The van der Waals surface area contributed by atoms with E-state index in [-0.39, 0.29) is 5.91 Å². The maximum atomic E-state index is 12.7. The molecule has 0 aromatic heterocycles. The number of aliphatic hydroxyl groups is 1. The van der Waals surface area contributed by atoms with Gasteiger partial charge in [0.05, 0.1) is 0 Å². The number of carbonyl (C=O) groups is 1. The van der Waals surface area contributed by atoms with Crippen LogP contribution in [0.2, 0.25) is 0 Å². The fraction of sp³-hybridized carbons (Fsp3) is 0.938. The van der Waals surface area contributed by atoms with Crippen LogP contribution in [0.4, 0.5) is 0 Å². The van der Waals surface area contributed by atoms with Gasteiger partial charge in [0.1, 0.15) is 0 Å². The van der Waals surface area contributed by atoms with Crippen LogP contribution in [0.15, 0.2) is 0 Å². The summed E-state index contributed by atoms with van der Waals surface area (Å²) in [5.41, 5.74) is -1.07. The topological polar surface area (TPSA) is 43.8 Å². The van der Waals surface area contributed by atoms with Gasteiger partial charge in [-0.25, -0.2) is 0 Å². The molecular formula is C16H26N2O2S. The summed E-state index contributed by atoms with van der Waals surface area (Å²) in [6.45, 7) is 2.98. The molecule has 5 heteroatoms. The largest absolute Gasteiger partial charge is 0.379 e. The molecular weight excluding hydrogens is 284 g/mol. The molecule has 21 heavy (non-hydrogen) atoms. The number of rotatable bonds is 2. The number of piperidine rings is 2. The molecule has 1 aliphatic carbocycles. The van der Waals surface area contributed by atoms with Gasteiger partial charge in [-0.1, -0.05) is 0 Å². The lowest BCUT2D eigenvalue weighted by Gasteiger charge is -2.48. The molecule has 118 valence electrons. The minimum Gasteiger partial charge on any atom is -0.379 e. The third-order valence-corrected chi connectivity index (χ3v) is 6.99. The Morgan fingerprint density at radius 1 is 1.19 bits per heavy atom. The molecule has 1 N–H and O–H groups in total. The molecule has 0 bridgehead atoms. The molecule has 0 aromatic rings. The van der Waals surface area contributed by atoms with Gasteiger partial charge < -0.3 is 10.0 Å². The highest BCUT2D eigenvalue weighted by Crippen LogP contribution is 2.39. The van der Waals surface area contributed by atoms with Crippen molar-refractivity contribution in [1.82, 2.24) is 9.80 Å². The van der Waals surface area contributed by atoms with Gasteiger partial charge in [-0.2, -0.15) is 11.8 Å². The summed E-state index contributed by atoms with van der Waals surface area (Å²) >= 11 is 1.70. The van der Waals surface area contributed by atoms with E-state index >= 15 is 0 Å². The Bertz CT molecular complexity index is 421. The van der Waals surface area contributed by atoms with Crippen molar-refractivity contribution in [3.05, 3.63) is 0 Å². The van der Waals surface area contributed by atoms with Crippen LogP contribution >= 0.6 is 11.8 Å².